The molecule has 0 bridgehead atoms. The molecule has 0 aliphatic carbocycles. The standard InChI is InChI=1S/C13H19ClN2O2/c1-10(13(15)17)16(2)8-3-9-18-12-6-4-11(14)5-7-12/h4-7,10H,3,8-9H2,1-2H3,(H2,15,17). The van der Waals surface area contributed by atoms with Gasteiger partial charge in [0, 0.05) is 11.6 Å². The number of nitrogens with zero attached hydrogens (tertiary/aromatic N) is 1. The number of carbonyl (C=O) groups excluding carboxylic acids is 1. The van der Waals surface area contributed by atoms with E-state index in [4.69, 9.17) is 22.1 Å². The fourth-order valence-electron chi connectivity index (χ4n) is 1.45. The van der Waals surface area contributed by atoms with Crippen molar-refractivity contribution in [2.75, 3.05) is 20.2 Å². The molecule has 1 atom stereocenters. The molecule has 1 aromatic carbocycles. The highest BCUT2D eigenvalue weighted by atomic mass is 35.5. The summed E-state index contributed by atoms with van der Waals surface area (Å²) in [7, 11) is 1.87. The zero-order valence-corrected chi connectivity index (χ0v) is 11.5. The Labute approximate surface area is 113 Å². The highest BCUT2D eigenvalue weighted by Crippen LogP contribution is 2.15. The summed E-state index contributed by atoms with van der Waals surface area (Å²) in [5.41, 5.74) is 5.22. The maximum atomic E-state index is 11.0. The van der Waals surface area contributed by atoms with Gasteiger partial charge in [0.15, 0.2) is 0 Å². The molecule has 0 radical (unpaired) electrons. The number of nitrogens with two attached hydrogens (primary N) is 1. The molecule has 0 saturated heterocycles. The highest BCUT2D eigenvalue weighted by Gasteiger charge is 2.13. The topological polar surface area (TPSA) is 55.6 Å². The van der Waals surface area contributed by atoms with Crippen molar-refractivity contribution >= 4 is 17.5 Å². The summed E-state index contributed by atoms with van der Waals surface area (Å²) in [5, 5.41) is 0.692. The van der Waals surface area contributed by atoms with Crippen LogP contribution in [0.4, 0.5) is 0 Å². The number of rotatable bonds is 7. The van der Waals surface area contributed by atoms with Crippen molar-refractivity contribution in [2.45, 2.75) is 19.4 Å². The molecule has 1 aromatic rings. The minimum atomic E-state index is -0.309. The van der Waals surface area contributed by atoms with Crippen LogP contribution in [-0.2, 0) is 4.79 Å². The second kappa shape index (κ2) is 7.24. The maximum absolute atomic E-state index is 11.0. The summed E-state index contributed by atoms with van der Waals surface area (Å²) in [4.78, 5) is 12.9. The molecule has 0 aliphatic rings. The Morgan fingerprint density at radius 3 is 2.61 bits per heavy atom. The van der Waals surface area contributed by atoms with Crippen LogP contribution in [0.5, 0.6) is 5.75 Å². The molecule has 0 saturated carbocycles. The summed E-state index contributed by atoms with van der Waals surface area (Å²) >= 11 is 5.77. The van der Waals surface area contributed by atoms with Gasteiger partial charge >= 0.3 is 0 Å². The Bertz CT molecular complexity index is 381. The van der Waals surface area contributed by atoms with E-state index >= 15 is 0 Å². The lowest BCUT2D eigenvalue weighted by atomic mass is 10.2. The van der Waals surface area contributed by atoms with E-state index in [1.165, 1.54) is 0 Å². The fourth-order valence-corrected chi connectivity index (χ4v) is 1.57. The van der Waals surface area contributed by atoms with Gasteiger partial charge in [0.05, 0.1) is 12.6 Å². The van der Waals surface area contributed by atoms with Crippen LogP contribution in [0.2, 0.25) is 5.02 Å². The molecular formula is C13H19ClN2O2. The van der Waals surface area contributed by atoms with Crippen LogP contribution in [0.3, 0.4) is 0 Å². The van der Waals surface area contributed by atoms with Gasteiger partial charge in [0.25, 0.3) is 0 Å². The van der Waals surface area contributed by atoms with Gasteiger partial charge in [-0.1, -0.05) is 11.6 Å². The van der Waals surface area contributed by atoms with Crippen LogP contribution in [0.1, 0.15) is 13.3 Å². The summed E-state index contributed by atoms with van der Waals surface area (Å²) in [6, 6.07) is 6.99. The molecule has 1 amide bonds. The number of ether oxygens (including phenoxy) is 1. The minimum Gasteiger partial charge on any atom is -0.494 e. The van der Waals surface area contributed by atoms with E-state index in [0.717, 1.165) is 18.7 Å². The average molecular weight is 271 g/mol. The van der Waals surface area contributed by atoms with Gasteiger partial charge < -0.3 is 10.5 Å². The van der Waals surface area contributed by atoms with E-state index < -0.39 is 0 Å². The molecule has 0 aliphatic heterocycles. The van der Waals surface area contributed by atoms with Crippen LogP contribution in [0, 0.1) is 0 Å². The fraction of sp³-hybridized carbons (Fsp3) is 0.462. The largest absolute Gasteiger partial charge is 0.494 e. The second-order valence-corrected chi connectivity index (χ2v) is 4.65. The number of carbonyl (C=O) groups is 1. The number of amides is 1. The monoisotopic (exact) mass is 270 g/mol. The number of primary amides is 1. The first-order valence-electron chi connectivity index (χ1n) is 5.88. The van der Waals surface area contributed by atoms with Crippen LogP contribution in [-0.4, -0.2) is 37.0 Å². The molecule has 0 fully saturated rings. The van der Waals surface area contributed by atoms with Crippen LogP contribution < -0.4 is 10.5 Å². The van der Waals surface area contributed by atoms with E-state index in [9.17, 15) is 4.79 Å². The van der Waals surface area contributed by atoms with Crippen molar-refractivity contribution in [1.29, 1.82) is 0 Å². The first kappa shape index (κ1) is 14.8. The Kier molecular flexibility index (Phi) is 5.95. The highest BCUT2D eigenvalue weighted by molar-refractivity contribution is 6.30. The van der Waals surface area contributed by atoms with Crippen molar-refractivity contribution in [3.05, 3.63) is 29.3 Å². The number of likely N-dealkylation sites (N-methyl/N-ethyl adjacent to an activating group) is 1. The Morgan fingerprint density at radius 2 is 2.06 bits per heavy atom. The van der Waals surface area contributed by atoms with Gasteiger partial charge in [0.1, 0.15) is 5.75 Å². The van der Waals surface area contributed by atoms with E-state index in [1.54, 1.807) is 19.1 Å². The lowest BCUT2D eigenvalue weighted by molar-refractivity contribution is -0.122. The molecular weight excluding hydrogens is 252 g/mol. The Morgan fingerprint density at radius 1 is 1.44 bits per heavy atom. The third kappa shape index (κ3) is 4.94. The van der Waals surface area contributed by atoms with Crippen molar-refractivity contribution in [2.24, 2.45) is 5.73 Å². The van der Waals surface area contributed by atoms with E-state index in [-0.39, 0.29) is 11.9 Å². The summed E-state index contributed by atoms with van der Waals surface area (Å²) in [5.74, 6) is 0.487. The third-order valence-corrected chi connectivity index (χ3v) is 3.06. The molecule has 1 rings (SSSR count). The molecule has 100 valence electrons. The van der Waals surface area contributed by atoms with Crippen molar-refractivity contribution in [3.8, 4) is 5.75 Å². The summed E-state index contributed by atoms with van der Waals surface area (Å²) < 4.78 is 5.55. The second-order valence-electron chi connectivity index (χ2n) is 4.21. The van der Waals surface area contributed by atoms with Crippen molar-refractivity contribution < 1.29 is 9.53 Å². The lowest BCUT2D eigenvalue weighted by Crippen LogP contribution is -2.40. The number of hydrogen-bond donors (Lipinski definition) is 1. The minimum absolute atomic E-state index is 0.250. The average Bonchev–Trinajstić information content (AvgIpc) is 2.35. The molecule has 4 nitrogen and oxygen atoms in total. The van der Waals surface area contributed by atoms with Gasteiger partial charge in [-0.05, 0) is 44.7 Å². The molecule has 5 heteroatoms. The number of benzene rings is 1. The predicted molar refractivity (Wildman–Crippen MR) is 72.9 cm³/mol. The molecule has 1 unspecified atom stereocenters. The predicted octanol–water partition coefficient (Wildman–Crippen LogP) is 1.91. The van der Waals surface area contributed by atoms with E-state index in [2.05, 4.69) is 0 Å². The number of halogens is 1. The van der Waals surface area contributed by atoms with Crippen LogP contribution >= 0.6 is 11.6 Å². The van der Waals surface area contributed by atoms with Crippen LogP contribution in [0.15, 0.2) is 24.3 Å². The molecule has 0 heterocycles. The third-order valence-electron chi connectivity index (χ3n) is 2.81. The smallest absolute Gasteiger partial charge is 0.234 e. The first-order valence-corrected chi connectivity index (χ1v) is 6.26. The van der Waals surface area contributed by atoms with Crippen molar-refractivity contribution in [3.63, 3.8) is 0 Å². The van der Waals surface area contributed by atoms with E-state index in [1.807, 2.05) is 24.1 Å². The summed E-state index contributed by atoms with van der Waals surface area (Å²) in [6.07, 6.45) is 0.830. The zero-order valence-electron chi connectivity index (χ0n) is 10.7. The first-order chi connectivity index (χ1) is 8.50. The van der Waals surface area contributed by atoms with Gasteiger partial charge in [-0.3, -0.25) is 9.69 Å². The van der Waals surface area contributed by atoms with Gasteiger partial charge in [0.2, 0.25) is 5.91 Å². The normalized spacial score (nSPS) is 12.4. The molecule has 18 heavy (non-hydrogen) atoms. The molecule has 0 spiro atoms. The van der Waals surface area contributed by atoms with Gasteiger partial charge in [-0.15, -0.1) is 0 Å². The van der Waals surface area contributed by atoms with Gasteiger partial charge in [-0.25, -0.2) is 0 Å². The van der Waals surface area contributed by atoms with Gasteiger partial charge in [-0.2, -0.15) is 0 Å². The SMILES string of the molecule is CC(C(N)=O)N(C)CCCOc1ccc(Cl)cc1. The Balaban J connectivity index is 2.22. The van der Waals surface area contributed by atoms with Crippen LogP contribution in [0.25, 0.3) is 0 Å². The quantitative estimate of drug-likeness (QED) is 0.770. The summed E-state index contributed by atoms with van der Waals surface area (Å²) in [6.45, 7) is 3.15. The number of hydrogen-bond acceptors (Lipinski definition) is 3. The zero-order chi connectivity index (χ0) is 13.5. The van der Waals surface area contributed by atoms with Crippen molar-refractivity contribution in [1.82, 2.24) is 4.90 Å². The molecule has 2 N–H and O–H groups in total. The molecule has 0 aromatic heterocycles. The lowest BCUT2D eigenvalue weighted by Gasteiger charge is -2.21. The Hall–Kier alpha value is -1.26. The van der Waals surface area contributed by atoms with E-state index in [0.29, 0.717) is 11.6 Å². The maximum Gasteiger partial charge on any atom is 0.234 e.